The zero-order chi connectivity index (χ0) is 14.0. The minimum atomic E-state index is -3.88. The first-order valence-electron chi connectivity index (χ1n) is 6.03. The van der Waals surface area contributed by atoms with Crippen LogP contribution in [0.5, 0.6) is 0 Å². The minimum Gasteiger partial charge on any atom is -0.399 e. The summed E-state index contributed by atoms with van der Waals surface area (Å²) in [6.45, 7) is 2.89. The molecule has 1 heterocycles. The highest BCUT2D eigenvalue weighted by atomic mass is 32.2. The molecule has 0 aromatic heterocycles. The number of sulfonamides is 1. The first kappa shape index (κ1) is 14.2. The normalized spacial score (nSPS) is 19.8. The molecule has 1 aliphatic heterocycles. The lowest BCUT2D eigenvalue weighted by Gasteiger charge is -2.12. The molecule has 0 bridgehead atoms. The van der Waals surface area contributed by atoms with Crippen LogP contribution in [0.2, 0.25) is 0 Å². The van der Waals surface area contributed by atoms with Gasteiger partial charge >= 0.3 is 0 Å². The van der Waals surface area contributed by atoms with E-state index >= 15 is 0 Å². The summed E-state index contributed by atoms with van der Waals surface area (Å²) in [5.41, 5.74) is 6.00. The van der Waals surface area contributed by atoms with Crippen molar-refractivity contribution < 1.29 is 17.5 Å². The van der Waals surface area contributed by atoms with Gasteiger partial charge in [-0.25, -0.2) is 17.5 Å². The van der Waals surface area contributed by atoms with Gasteiger partial charge in [-0.05, 0) is 37.0 Å². The molecule has 0 radical (unpaired) electrons. The third-order valence-electron chi connectivity index (χ3n) is 3.12. The van der Waals surface area contributed by atoms with Crippen molar-refractivity contribution in [3.05, 3.63) is 23.5 Å². The smallest absolute Gasteiger partial charge is 0.243 e. The molecule has 1 saturated heterocycles. The van der Waals surface area contributed by atoms with E-state index in [1.807, 2.05) is 0 Å². The van der Waals surface area contributed by atoms with Gasteiger partial charge in [-0.2, -0.15) is 0 Å². The maximum absolute atomic E-state index is 13.9. The summed E-state index contributed by atoms with van der Waals surface area (Å²) in [7, 11) is -3.88. The molecule has 1 aliphatic rings. The molecule has 7 heteroatoms. The van der Waals surface area contributed by atoms with Gasteiger partial charge in [-0.1, -0.05) is 0 Å². The SMILES string of the molecule is Cc1cc(N)cc(S(=O)(=O)NCC2CCOC2)c1F. The summed E-state index contributed by atoms with van der Waals surface area (Å²) in [4.78, 5) is -0.399. The lowest BCUT2D eigenvalue weighted by Crippen LogP contribution is -2.30. The highest BCUT2D eigenvalue weighted by Gasteiger charge is 2.23. The fourth-order valence-electron chi connectivity index (χ4n) is 2.01. The van der Waals surface area contributed by atoms with E-state index in [1.54, 1.807) is 0 Å². The van der Waals surface area contributed by atoms with Crippen LogP contribution >= 0.6 is 0 Å². The average molecular weight is 288 g/mol. The molecule has 1 unspecified atom stereocenters. The van der Waals surface area contributed by atoms with Gasteiger partial charge in [0.05, 0.1) is 6.61 Å². The first-order chi connectivity index (χ1) is 8.90. The molecule has 1 aromatic rings. The summed E-state index contributed by atoms with van der Waals surface area (Å²) in [5.74, 6) is -0.621. The summed E-state index contributed by atoms with van der Waals surface area (Å²) in [6, 6.07) is 2.54. The molecule has 1 aromatic carbocycles. The van der Waals surface area contributed by atoms with E-state index in [-0.39, 0.29) is 23.7 Å². The van der Waals surface area contributed by atoms with Crippen molar-refractivity contribution in [1.29, 1.82) is 0 Å². The molecular weight excluding hydrogens is 271 g/mol. The maximum atomic E-state index is 13.9. The number of nitrogens with one attached hydrogen (secondary N) is 1. The van der Waals surface area contributed by atoms with Crippen LogP contribution in [0.3, 0.4) is 0 Å². The number of hydrogen-bond donors (Lipinski definition) is 2. The van der Waals surface area contributed by atoms with Crippen LogP contribution in [0.25, 0.3) is 0 Å². The van der Waals surface area contributed by atoms with Crippen molar-refractivity contribution in [3.8, 4) is 0 Å². The highest BCUT2D eigenvalue weighted by Crippen LogP contribution is 2.22. The Morgan fingerprint density at radius 3 is 2.89 bits per heavy atom. The Labute approximate surface area is 112 Å². The molecule has 1 fully saturated rings. The van der Waals surface area contributed by atoms with Gasteiger partial charge in [0.1, 0.15) is 10.7 Å². The van der Waals surface area contributed by atoms with E-state index in [9.17, 15) is 12.8 Å². The van der Waals surface area contributed by atoms with E-state index < -0.39 is 20.7 Å². The minimum absolute atomic E-state index is 0.139. The Morgan fingerprint density at radius 2 is 2.26 bits per heavy atom. The molecular formula is C12H17FN2O3S. The second-order valence-electron chi connectivity index (χ2n) is 4.73. The number of nitrogen functional groups attached to an aromatic ring is 1. The number of anilines is 1. The Kier molecular flexibility index (Phi) is 4.07. The van der Waals surface area contributed by atoms with Gasteiger partial charge in [0.15, 0.2) is 0 Å². The first-order valence-corrected chi connectivity index (χ1v) is 7.51. The molecule has 106 valence electrons. The second kappa shape index (κ2) is 5.44. The molecule has 19 heavy (non-hydrogen) atoms. The zero-order valence-electron chi connectivity index (χ0n) is 10.6. The topological polar surface area (TPSA) is 81.4 Å². The van der Waals surface area contributed by atoms with E-state index in [4.69, 9.17) is 10.5 Å². The van der Waals surface area contributed by atoms with Crippen LogP contribution in [-0.2, 0) is 14.8 Å². The molecule has 5 nitrogen and oxygen atoms in total. The number of halogens is 1. The van der Waals surface area contributed by atoms with Crippen molar-refractivity contribution in [1.82, 2.24) is 4.72 Å². The Balaban J connectivity index is 2.19. The molecule has 0 saturated carbocycles. The summed E-state index contributed by atoms with van der Waals surface area (Å²) in [6.07, 6.45) is 0.807. The van der Waals surface area contributed by atoms with Crippen LogP contribution in [-0.4, -0.2) is 28.2 Å². The molecule has 0 spiro atoms. The predicted octanol–water partition coefficient (Wildman–Crippen LogP) is 1.03. The van der Waals surface area contributed by atoms with Gasteiger partial charge < -0.3 is 10.5 Å². The second-order valence-corrected chi connectivity index (χ2v) is 6.47. The Hall–Kier alpha value is -1.18. The van der Waals surface area contributed by atoms with E-state index in [0.717, 1.165) is 12.5 Å². The predicted molar refractivity (Wildman–Crippen MR) is 69.7 cm³/mol. The molecule has 3 N–H and O–H groups in total. The quantitative estimate of drug-likeness (QED) is 0.811. The maximum Gasteiger partial charge on any atom is 0.243 e. The molecule has 0 amide bonds. The molecule has 0 aliphatic carbocycles. The lowest BCUT2D eigenvalue weighted by molar-refractivity contribution is 0.186. The number of benzene rings is 1. The number of nitrogens with two attached hydrogens (primary N) is 1. The van der Waals surface area contributed by atoms with Gasteiger partial charge in [0.2, 0.25) is 10.0 Å². The average Bonchev–Trinajstić information content (AvgIpc) is 2.84. The van der Waals surface area contributed by atoms with E-state index in [2.05, 4.69) is 4.72 Å². The van der Waals surface area contributed by atoms with Crippen LogP contribution in [0, 0.1) is 18.7 Å². The van der Waals surface area contributed by atoms with Gasteiger partial charge in [0.25, 0.3) is 0 Å². The standard InChI is InChI=1S/C12H17FN2O3S/c1-8-4-10(14)5-11(12(8)13)19(16,17)15-6-9-2-3-18-7-9/h4-5,9,15H,2-3,6-7,14H2,1H3. The third kappa shape index (κ3) is 3.23. The Morgan fingerprint density at radius 1 is 1.53 bits per heavy atom. The monoisotopic (exact) mass is 288 g/mol. The van der Waals surface area contributed by atoms with E-state index in [0.29, 0.717) is 13.2 Å². The molecule has 1 atom stereocenters. The van der Waals surface area contributed by atoms with Crippen LogP contribution in [0.4, 0.5) is 10.1 Å². The molecule has 2 rings (SSSR count). The summed E-state index contributed by atoms with van der Waals surface area (Å²) < 4.78 is 45.6. The van der Waals surface area contributed by atoms with Crippen molar-refractivity contribution >= 4 is 15.7 Å². The van der Waals surface area contributed by atoms with Crippen molar-refractivity contribution in [2.24, 2.45) is 5.92 Å². The number of aryl methyl sites for hydroxylation is 1. The van der Waals surface area contributed by atoms with Crippen LogP contribution < -0.4 is 10.5 Å². The van der Waals surface area contributed by atoms with E-state index in [1.165, 1.54) is 13.0 Å². The number of hydrogen-bond acceptors (Lipinski definition) is 4. The van der Waals surface area contributed by atoms with Crippen molar-refractivity contribution in [2.45, 2.75) is 18.2 Å². The van der Waals surface area contributed by atoms with Crippen molar-refractivity contribution in [3.63, 3.8) is 0 Å². The zero-order valence-corrected chi connectivity index (χ0v) is 11.5. The van der Waals surface area contributed by atoms with Gasteiger partial charge in [-0.15, -0.1) is 0 Å². The largest absolute Gasteiger partial charge is 0.399 e. The van der Waals surface area contributed by atoms with Crippen LogP contribution in [0.1, 0.15) is 12.0 Å². The fourth-order valence-corrected chi connectivity index (χ4v) is 3.31. The van der Waals surface area contributed by atoms with Crippen LogP contribution in [0.15, 0.2) is 17.0 Å². The lowest BCUT2D eigenvalue weighted by atomic mass is 10.1. The Bertz CT molecular complexity index is 569. The summed E-state index contributed by atoms with van der Waals surface area (Å²) >= 11 is 0. The fraction of sp³-hybridized carbons (Fsp3) is 0.500. The highest BCUT2D eigenvalue weighted by molar-refractivity contribution is 7.89. The van der Waals surface area contributed by atoms with Gasteiger partial charge in [-0.3, -0.25) is 0 Å². The third-order valence-corrected chi connectivity index (χ3v) is 4.54. The summed E-state index contributed by atoms with van der Waals surface area (Å²) in [5, 5.41) is 0. The van der Waals surface area contributed by atoms with Gasteiger partial charge in [0, 0.05) is 18.8 Å². The number of ether oxygens (including phenoxy) is 1. The van der Waals surface area contributed by atoms with Crippen molar-refractivity contribution in [2.75, 3.05) is 25.5 Å². The number of rotatable bonds is 4.